The molecule has 2 amide bonds. The maximum Gasteiger partial charge on any atom is 0.338 e. The van der Waals surface area contributed by atoms with E-state index < -0.39 is 0 Å². The number of urea groups is 1. The zero-order chi connectivity index (χ0) is 7.44. The van der Waals surface area contributed by atoms with Crippen molar-refractivity contribution in [3.05, 3.63) is 0 Å². The first kappa shape index (κ1) is 8.27. The predicted octanol–water partition coefficient (Wildman–Crippen LogP) is 0.681. The molecule has 0 fully saturated rings. The molecule has 0 bridgehead atoms. The molecular weight excluding hydrogens is 116 g/mol. The van der Waals surface area contributed by atoms with Gasteiger partial charge in [-0.1, -0.05) is 0 Å². The Morgan fingerprint density at radius 3 is 2.00 bits per heavy atom. The van der Waals surface area contributed by atoms with Crippen LogP contribution in [0.3, 0.4) is 0 Å². The van der Waals surface area contributed by atoms with Crippen LogP contribution in [0.15, 0.2) is 0 Å². The summed E-state index contributed by atoms with van der Waals surface area (Å²) in [5, 5.41) is 3.76. The number of carbonyl (C=O) groups is 1. The van der Waals surface area contributed by atoms with E-state index in [9.17, 15) is 4.79 Å². The molecule has 9 heavy (non-hydrogen) atoms. The van der Waals surface area contributed by atoms with Gasteiger partial charge in [0.25, 0.3) is 0 Å². The molecule has 0 heterocycles. The van der Waals surface area contributed by atoms with Crippen molar-refractivity contribution in [3.63, 3.8) is 0 Å². The Morgan fingerprint density at radius 1 is 1.44 bits per heavy atom. The third-order valence-corrected chi connectivity index (χ3v) is 0.751. The van der Waals surface area contributed by atoms with Crippen LogP contribution in [-0.4, -0.2) is 31.1 Å². The lowest BCUT2D eigenvalue weighted by atomic mass is 10.4. The van der Waals surface area contributed by atoms with Crippen LogP contribution in [0.5, 0.6) is 0 Å². The Kier molecular flexibility index (Phi) is 3.06. The van der Waals surface area contributed by atoms with Crippen LogP contribution >= 0.6 is 0 Å². The Hall–Kier alpha value is -0.730. The highest BCUT2D eigenvalue weighted by atomic mass is 16.2. The van der Waals surface area contributed by atoms with Crippen molar-refractivity contribution in [3.8, 4) is 0 Å². The Balaban J connectivity index is 3.51. The molecule has 1 radical (unpaired) electrons. The van der Waals surface area contributed by atoms with Crippen molar-refractivity contribution < 1.29 is 4.79 Å². The van der Waals surface area contributed by atoms with Crippen LogP contribution in [0.25, 0.3) is 0 Å². The largest absolute Gasteiger partial charge is 0.338 e. The van der Waals surface area contributed by atoms with E-state index in [0.29, 0.717) is 0 Å². The van der Waals surface area contributed by atoms with Gasteiger partial charge in [-0.3, -0.25) is 0 Å². The first-order valence-corrected chi connectivity index (χ1v) is 2.96. The first-order valence-electron chi connectivity index (χ1n) is 2.96. The number of amides is 2. The van der Waals surface area contributed by atoms with E-state index in [1.54, 1.807) is 14.1 Å². The number of hydrogen-bond acceptors (Lipinski definition) is 1. The SMILES string of the molecule is CC(C)[N]C(=O)N(C)C. The molecule has 0 aliphatic carbocycles. The molecule has 0 rings (SSSR count). The third kappa shape index (κ3) is 3.82. The lowest BCUT2D eigenvalue weighted by Crippen LogP contribution is -2.32. The highest BCUT2D eigenvalue weighted by Gasteiger charge is 2.05. The number of hydrogen-bond donors (Lipinski definition) is 0. The normalized spacial score (nSPS) is 9.44. The second kappa shape index (κ2) is 3.33. The molecular formula is C6H13N2O. The molecule has 0 aromatic heterocycles. The Bertz CT molecular complexity index is 99.2. The summed E-state index contributed by atoms with van der Waals surface area (Å²) in [6, 6.07) is -0.0649. The van der Waals surface area contributed by atoms with E-state index in [0.717, 1.165) is 0 Å². The second-order valence-electron chi connectivity index (χ2n) is 2.40. The van der Waals surface area contributed by atoms with Gasteiger partial charge < -0.3 is 4.90 Å². The van der Waals surface area contributed by atoms with Crippen molar-refractivity contribution in [1.29, 1.82) is 0 Å². The fraction of sp³-hybridized carbons (Fsp3) is 0.833. The second-order valence-corrected chi connectivity index (χ2v) is 2.40. The van der Waals surface area contributed by atoms with Gasteiger partial charge in [0.05, 0.1) is 0 Å². The molecule has 0 aromatic carbocycles. The topological polar surface area (TPSA) is 34.4 Å². The predicted molar refractivity (Wildman–Crippen MR) is 36.4 cm³/mol. The van der Waals surface area contributed by atoms with E-state index in [4.69, 9.17) is 0 Å². The molecule has 3 nitrogen and oxygen atoms in total. The quantitative estimate of drug-likeness (QED) is 0.512. The molecule has 0 aromatic rings. The van der Waals surface area contributed by atoms with Crippen LogP contribution in [-0.2, 0) is 0 Å². The molecule has 0 saturated heterocycles. The summed E-state index contributed by atoms with van der Waals surface area (Å²) in [5.74, 6) is 0. The van der Waals surface area contributed by atoms with Gasteiger partial charge in [-0.15, -0.1) is 0 Å². The van der Waals surface area contributed by atoms with E-state index in [1.165, 1.54) is 4.90 Å². The fourth-order valence-electron chi connectivity index (χ4n) is 0.336. The summed E-state index contributed by atoms with van der Waals surface area (Å²) in [5.41, 5.74) is 0. The highest BCUT2D eigenvalue weighted by Crippen LogP contribution is 1.84. The van der Waals surface area contributed by atoms with Gasteiger partial charge in [0.15, 0.2) is 0 Å². The van der Waals surface area contributed by atoms with Crippen LogP contribution < -0.4 is 5.32 Å². The lowest BCUT2D eigenvalue weighted by Gasteiger charge is -2.10. The monoisotopic (exact) mass is 129 g/mol. The molecule has 0 N–H and O–H groups in total. The van der Waals surface area contributed by atoms with Crippen LogP contribution in [0.4, 0.5) is 4.79 Å². The van der Waals surface area contributed by atoms with Gasteiger partial charge >= 0.3 is 6.03 Å². The number of carbonyl (C=O) groups excluding carboxylic acids is 1. The van der Waals surface area contributed by atoms with Gasteiger partial charge in [-0.25, -0.2) is 10.1 Å². The molecule has 0 unspecified atom stereocenters. The molecule has 3 heteroatoms. The average Bonchev–Trinajstić information content (AvgIpc) is 1.63. The van der Waals surface area contributed by atoms with Crippen LogP contribution in [0, 0.1) is 0 Å². The first-order chi connectivity index (χ1) is 4.04. The lowest BCUT2D eigenvalue weighted by molar-refractivity contribution is 0.214. The molecule has 53 valence electrons. The smallest absolute Gasteiger partial charge is 0.329 e. The van der Waals surface area contributed by atoms with Gasteiger partial charge in [0, 0.05) is 20.1 Å². The zero-order valence-electron chi connectivity index (χ0n) is 6.38. The van der Waals surface area contributed by atoms with Gasteiger partial charge in [0.2, 0.25) is 0 Å². The zero-order valence-corrected chi connectivity index (χ0v) is 6.38. The fourth-order valence-corrected chi connectivity index (χ4v) is 0.336. The number of rotatable bonds is 1. The third-order valence-electron chi connectivity index (χ3n) is 0.751. The minimum atomic E-state index is -0.162. The summed E-state index contributed by atoms with van der Waals surface area (Å²) in [4.78, 5) is 12.2. The summed E-state index contributed by atoms with van der Waals surface area (Å²) >= 11 is 0. The van der Waals surface area contributed by atoms with Gasteiger partial charge in [-0.2, -0.15) is 0 Å². The van der Waals surface area contributed by atoms with Crippen LogP contribution in [0.2, 0.25) is 0 Å². The summed E-state index contributed by atoms with van der Waals surface area (Å²) < 4.78 is 0. The van der Waals surface area contributed by atoms with Crippen molar-refractivity contribution >= 4 is 6.03 Å². The van der Waals surface area contributed by atoms with E-state index in [1.807, 2.05) is 13.8 Å². The van der Waals surface area contributed by atoms with E-state index in [-0.39, 0.29) is 12.1 Å². The molecule has 0 spiro atoms. The summed E-state index contributed by atoms with van der Waals surface area (Å²) in [6.07, 6.45) is 0. The van der Waals surface area contributed by atoms with Crippen molar-refractivity contribution in [2.45, 2.75) is 19.9 Å². The maximum atomic E-state index is 10.7. The molecule has 0 aliphatic heterocycles. The standard InChI is InChI=1S/C6H13N2O/c1-5(2)7-6(9)8(3)4/h5H,1-4H3. The van der Waals surface area contributed by atoms with Crippen molar-refractivity contribution in [2.75, 3.05) is 14.1 Å². The minimum absolute atomic E-state index is 0.0971. The molecule has 0 atom stereocenters. The Labute approximate surface area is 56.0 Å². The van der Waals surface area contributed by atoms with Gasteiger partial charge in [-0.05, 0) is 13.8 Å². The van der Waals surface area contributed by atoms with Crippen molar-refractivity contribution in [1.82, 2.24) is 10.2 Å². The van der Waals surface area contributed by atoms with Crippen LogP contribution in [0.1, 0.15) is 13.8 Å². The maximum absolute atomic E-state index is 10.7. The Morgan fingerprint density at radius 2 is 1.89 bits per heavy atom. The van der Waals surface area contributed by atoms with E-state index in [2.05, 4.69) is 5.32 Å². The van der Waals surface area contributed by atoms with Gasteiger partial charge in [0.1, 0.15) is 0 Å². The number of nitrogens with zero attached hydrogens (tertiary/aromatic N) is 2. The average molecular weight is 129 g/mol. The highest BCUT2D eigenvalue weighted by molar-refractivity contribution is 5.73. The van der Waals surface area contributed by atoms with Crippen molar-refractivity contribution in [2.24, 2.45) is 0 Å². The van der Waals surface area contributed by atoms with E-state index >= 15 is 0 Å². The summed E-state index contributed by atoms with van der Waals surface area (Å²) in [7, 11) is 3.38. The molecule has 0 aliphatic rings. The molecule has 0 saturated carbocycles. The minimum Gasteiger partial charge on any atom is -0.329 e. The summed E-state index contributed by atoms with van der Waals surface area (Å²) in [6.45, 7) is 3.75.